The molecule has 2 unspecified atom stereocenters. The van der Waals surface area contributed by atoms with Gasteiger partial charge in [0.15, 0.2) is 10.9 Å². The van der Waals surface area contributed by atoms with Crippen molar-refractivity contribution in [2.75, 3.05) is 6.54 Å². The largest absolute Gasteiger partial charge is 0.455 e. The SMILES string of the molecule is CCC(C)C(O)CNC(=O)c1ccc(CSc2nccn2C)o1. The maximum absolute atomic E-state index is 12.0. The first-order valence-electron chi connectivity index (χ1n) is 7.66. The number of rotatable bonds is 8. The van der Waals surface area contributed by atoms with Crippen LogP contribution in [0.1, 0.15) is 36.6 Å². The van der Waals surface area contributed by atoms with Crippen molar-refractivity contribution in [3.63, 3.8) is 0 Å². The first-order chi connectivity index (χ1) is 11.0. The van der Waals surface area contributed by atoms with E-state index >= 15 is 0 Å². The molecular weight excluding hydrogens is 314 g/mol. The quantitative estimate of drug-likeness (QED) is 0.723. The zero-order chi connectivity index (χ0) is 16.8. The van der Waals surface area contributed by atoms with E-state index in [0.717, 1.165) is 11.6 Å². The van der Waals surface area contributed by atoms with Crippen LogP contribution in [0.3, 0.4) is 0 Å². The molecule has 2 N–H and O–H groups in total. The molecule has 1 amide bonds. The van der Waals surface area contributed by atoms with Crippen LogP contribution in [0.15, 0.2) is 34.1 Å². The molecule has 7 heteroatoms. The molecule has 2 atom stereocenters. The molecule has 2 aromatic rings. The number of nitrogens with one attached hydrogen (secondary N) is 1. The molecule has 0 radical (unpaired) electrons. The van der Waals surface area contributed by atoms with Crippen LogP contribution in [0.2, 0.25) is 0 Å². The smallest absolute Gasteiger partial charge is 0.287 e. The second-order valence-corrected chi connectivity index (χ2v) is 6.48. The fourth-order valence-corrected chi connectivity index (χ4v) is 2.79. The van der Waals surface area contributed by atoms with E-state index in [0.29, 0.717) is 11.5 Å². The molecule has 0 aromatic carbocycles. The maximum atomic E-state index is 12.0. The van der Waals surface area contributed by atoms with Gasteiger partial charge in [0.05, 0.1) is 11.9 Å². The monoisotopic (exact) mass is 337 g/mol. The number of hydrogen-bond donors (Lipinski definition) is 2. The molecule has 0 spiro atoms. The van der Waals surface area contributed by atoms with E-state index in [1.807, 2.05) is 31.7 Å². The van der Waals surface area contributed by atoms with Gasteiger partial charge < -0.3 is 19.4 Å². The van der Waals surface area contributed by atoms with Crippen molar-refractivity contribution in [2.45, 2.75) is 37.3 Å². The number of aromatic nitrogens is 2. The Hall–Kier alpha value is -1.73. The summed E-state index contributed by atoms with van der Waals surface area (Å²) >= 11 is 1.54. The maximum Gasteiger partial charge on any atom is 0.287 e. The summed E-state index contributed by atoms with van der Waals surface area (Å²) in [6, 6.07) is 3.44. The number of nitrogens with zero attached hydrogens (tertiary/aromatic N) is 2. The first-order valence-corrected chi connectivity index (χ1v) is 8.65. The molecular formula is C16H23N3O3S. The van der Waals surface area contributed by atoms with Crippen LogP contribution in [0.25, 0.3) is 0 Å². The number of aliphatic hydroxyl groups excluding tert-OH is 1. The third-order valence-corrected chi connectivity index (χ3v) is 4.86. The Morgan fingerprint density at radius 1 is 1.52 bits per heavy atom. The number of carbonyl (C=O) groups is 1. The Bertz CT molecular complexity index is 638. The van der Waals surface area contributed by atoms with E-state index in [1.54, 1.807) is 30.1 Å². The Morgan fingerprint density at radius 3 is 2.96 bits per heavy atom. The second kappa shape index (κ2) is 8.21. The van der Waals surface area contributed by atoms with Crippen LogP contribution in [0, 0.1) is 5.92 Å². The van der Waals surface area contributed by atoms with Gasteiger partial charge in [-0.25, -0.2) is 4.98 Å². The molecule has 0 fully saturated rings. The second-order valence-electron chi connectivity index (χ2n) is 5.54. The molecule has 0 aliphatic rings. The van der Waals surface area contributed by atoms with E-state index in [9.17, 15) is 9.90 Å². The zero-order valence-corrected chi connectivity index (χ0v) is 14.5. The van der Waals surface area contributed by atoms with Crippen LogP contribution >= 0.6 is 11.8 Å². The topological polar surface area (TPSA) is 80.3 Å². The minimum absolute atomic E-state index is 0.150. The zero-order valence-electron chi connectivity index (χ0n) is 13.7. The van der Waals surface area contributed by atoms with Gasteiger partial charge in [0.2, 0.25) is 0 Å². The van der Waals surface area contributed by atoms with Crippen molar-refractivity contribution in [1.82, 2.24) is 14.9 Å². The van der Waals surface area contributed by atoms with Crippen LogP contribution < -0.4 is 5.32 Å². The summed E-state index contributed by atoms with van der Waals surface area (Å²) in [5, 5.41) is 13.5. The summed E-state index contributed by atoms with van der Waals surface area (Å²) in [6.45, 7) is 4.19. The molecule has 23 heavy (non-hydrogen) atoms. The van der Waals surface area contributed by atoms with Gasteiger partial charge in [-0.05, 0) is 18.1 Å². The van der Waals surface area contributed by atoms with Gasteiger partial charge in [-0.2, -0.15) is 0 Å². The summed E-state index contributed by atoms with van der Waals surface area (Å²) in [5.74, 6) is 1.42. The Morgan fingerprint density at radius 2 is 2.30 bits per heavy atom. The molecule has 0 saturated heterocycles. The van der Waals surface area contributed by atoms with Crippen molar-refractivity contribution in [3.05, 3.63) is 36.0 Å². The van der Waals surface area contributed by atoms with Crippen molar-refractivity contribution in [2.24, 2.45) is 13.0 Å². The Kier molecular flexibility index (Phi) is 6.29. The highest BCUT2D eigenvalue weighted by molar-refractivity contribution is 7.98. The molecule has 2 aromatic heterocycles. The van der Waals surface area contributed by atoms with Gasteiger partial charge in [-0.3, -0.25) is 4.79 Å². The normalized spacial score (nSPS) is 13.7. The van der Waals surface area contributed by atoms with E-state index in [1.165, 1.54) is 0 Å². The number of amides is 1. The third-order valence-electron chi connectivity index (χ3n) is 3.78. The van der Waals surface area contributed by atoms with Crippen LogP contribution in [-0.2, 0) is 12.8 Å². The van der Waals surface area contributed by atoms with Crippen LogP contribution in [-0.4, -0.2) is 33.2 Å². The summed E-state index contributed by atoms with van der Waals surface area (Å²) in [5.41, 5.74) is 0. The lowest BCUT2D eigenvalue weighted by molar-refractivity contribution is 0.0826. The van der Waals surface area contributed by atoms with Gasteiger partial charge >= 0.3 is 0 Å². The fraction of sp³-hybridized carbons (Fsp3) is 0.500. The standard InChI is InChI=1S/C16H23N3O3S/c1-4-11(2)13(20)9-18-15(21)14-6-5-12(22-14)10-23-16-17-7-8-19(16)3/h5-8,11,13,20H,4,9-10H2,1-3H3,(H,18,21). The summed E-state index contributed by atoms with van der Waals surface area (Å²) in [4.78, 5) is 16.2. The first kappa shape index (κ1) is 17.6. The van der Waals surface area contributed by atoms with Gasteiger partial charge in [0, 0.05) is 26.0 Å². The number of aryl methyl sites for hydroxylation is 1. The lowest BCUT2D eigenvalue weighted by atomic mass is 10.0. The molecule has 0 saturated carbocycles. The van der Waals surface area contributed by atoms with Crippen LogP contribution in [0.5, 0.6) is 0 Å². The predicted octanol–water partition coefficient (Wildman–Crippen LogP) is 2.44. The van der Waals surface area contributed by atoms with Gasteiger partial charge in [-0.15, -0.1) is 0 Å². The molecule has 6 nitrogen and oxygen atoms in total. The minimum Gasteiger partial charge on any atom is -0.455 e. The molecule has 0 bridgehead atoms. The predicted molar refractivity (Wildman–Crippen MR) is 89.3 cm³/mol. The van der Waals surface area contributed by atoms with Gasteiger partial charge in [-0.1, -0.05) is 32.0 Å². The lowest BCUT2D eigenvalue weighted by Crippen LogP contribution is -2.35. The van der Waals surface area contributed by atoms with E-state index in [-0.39, 0.29) is 24.1 Å². The van der Waals surface area contributed by atoms with Crippen molar-refractivity contribution < 1.29 is 14.3 Å². The van der Waals surface area contributed by atoms with Gasteiger partial charge in [0.25, 0.3) is 5.91 Å². The number of thioether (sulfide) groups is 1. The van der Waals surface area contributed by atoms with Crippen molar-refractivity contribution in [3.8, 4) is 0 Å². The molecule has 2 rings (SSSR count). The molecule has 2 heterocycles. The molecule has 0 aliphatic heterocycles. The minimum atomic E-state index is -0.544. The molecule has 0 aliphatic carbocycles. The number of carbonyl (C=O) groups excluding carboxylic acids is 1. The number of imidazole rings is 1. The summed E-state index contributed by atoms with van der Waals surface area (Å²) < 4.78 is 7.48. The lowest BCUT2D eigenvalue weighted by Gasteiger charge is -2.17. The number of hydrogen-bond acceptors (Lipinski definition) is 5. The van der Waals surface area contributed by atoms with Crippen molar-refractivity contribution >= 4 is 17.7 Å². The van der Waals surface area contributed by atoms with Gasteiger partial charge in [0.1, 0.15) is 5.76 Å². The summed E-state index contributed by atoms with van der Waals surface area (Å²) in [6.07, 6.45) is 3.95. The number of furan rings is 1. The highest BCUT2D eigenvalue weighted by atomic mass is 32.2. The third kappa shape index (κ3) is 4.87. The summed E-state index contributed by atoms with van der Waals surface area (Å²) in [7, 11) is 1.93. The van der Waals surface area contributed by atoms with Crippen LogP contribution in [0.4, 0.5) is 0 Å². The van der Waals surface area contributed by atoms with E-state index in [2.05, 4.69) is 10.3 Å². The van der Waals surface area contributed by atoms with E-state index < -0.39 is 6.10 Å². The Labute approximate surface area is 140 Å². The van der Waals surface area contributed by atoms with Crippen molar-refractivity contribution in [1.29, 1.82) is 0 Å². The fourth-order valence-electron chi connectivity index (χ4n) is 1.96. The average molecular weight is 337 g/mol. The number of aliphatic hydroxyl groups is 1. The molecule has 126 valence electrons. The van der Waals surface area contributed by atoms with E-state index in [4.69, 9.17) is 4.42 Å². The average Bonchev–Trinajstić information content (AvgIpc) is 3.18. The highest BCUT2D eigenvalue weighted by Gasteiger charge is 2.16. The highest BCUT2D eigenvalue weighted by Crippen LogP contribution is 2.21. The Balaban J connectivity index is 1.83.